The van der Waals surface area contributed by atoms with Crippen molar-refractivity contribution in [3.63, 3.8) is 0 Å². The molecule has 0 rings (SSSR count). The van der Waals surface area contributed by atoms with Crippen molar-refractivity contribution in [2.24, 2.45) is 5.92 Å². The molecule has 0 bridgehead atoms. The molecular weight excluding hydrogens is 180 g/mol. The Balaban J connectivity index is 3.80. The second kappa shape index (κ2) is 9.76. The van der Waals surface area contributed by atoms with Gasteiger partial charge in [-0.15, -0.1) is 6.58 Å². The normalized spacial score (nSPS) is 12.9. The lowest BCUT2D eigenvalue weighted by Crippen LogP contribution is -1.93. The summed E-state index contributed by atoms with van der Waals surface area (Å²) in [4.78, 5) is 0. The summed E-state index contributed by atoms with van der Waals surface area (Å²) >= 11 is 0. The van der Waals surface area contributed by atoms with E-state index in [2.05, 4.69) is 39.2 Å². The molecule has 0 saturated carbocycles. The van der Waals surface area contributed by atoms with Crippen LogP contribution >= 0.6 is 0 Å². The molecule has 15 heavy (non-hydrogen) atoms. The van der Waals surface area contributed by atoms with Crippen LogP contribution in [0.2, 0.25) is 0 Å². The van der Waals surface area contributed by atoms with Crippen molar-refractivity contribution < 1.29 is 0 Å². The molecular formula is C15H26. The molecule has 0 radical (unpaired) electrons. The Morgan fingerprint density at radius 3 is 2.60 bits per heavy atom. The quantitative estimate of drug-likeness (QED) is 0.273. The summed E-state index contributed by atoms with van der Waals surface area (Å²) in [7, 11) is 0. The van der Waals surface area contributed by atoms with Crippen molar-refractivity contribution in [1.82, 2.24) is 0 Å². The summed E-state index contributed by atoms with van der Waals surface area (Å²) in [5, 5.41) is 0. The predicted molar refractivity (Wildman–Crippen MR) is 71.0 cm³/mol. The Labute approximate surface area is 95.8 Å². The molecule has 0 aliphatic rings. The first-order chi connectivity index (χ1) is 7.24. The molecule has 0 aliphatic carbocycles. The van der Waals surface area contributed by atoms with E-state index in [1.54, 1.807) is 0 Å². The van der Waals surface area contributed by atoms with Gasteiger partial charge in [0.1, 0.15) is 0 Å². The van der Waals surface area contributed by atoms with Gasteiger partial charge in [0.15, 0.2) is 0 Å². The fourth-order valence-corrected chi connectivity index (χ4v) is 1.64. The maximum atomic E-state index is 4.07. The SMILES string of the molecule is C=CCCCC(=C)/C=C\C(CC)CCC. The van der Waals surface area contributed by atoms with Crippen LogP contribution in [-0.2, 0) is 0 Å². The molecule has 1 atom stereocenters. The number of unbranched alkanes of at least 4 members (excludes halogenated alkanes) is 1. The van der Waals surface area contributed by atoms with Crippen LogP contribution in [0.4, 0.5) is 0 Å². The fraction of sp³-hybridized carbons (Fsp3) is 0.600. The highest BCUT2D eigenvalue weighted by molar-refractivity contribution is 5.15. The molecule has 0 aromatic rings. The zero-order valence-electron chi connectivity index (χ0n) is 10.5. The summed E-state index contributed by atoms with van der Waals surface area (Å²) in [5.74, 6) is 0.742. The summed E-state index contributed by atoms with van der Waals surface area (Å²) < 4.78 is 0. The molecule has 0 aliphatic heterocycles. The van der Waals surface area contributed by atoms with E-state index in [1.807, 2.05) is 6.08 Å². The van der Waals surface area contributed by atoms with Crippen LogP contribution in [0, 0.1) is 5.92 Å². The van der Waals surface area contributed by atoms with Crippen LogP contribution < -0.4 is 0 Å². The first-order valence-corrected chi connectivity index (χ1v) is 6.21. The highest BCUT2D eigenvalue weighted by atomic mass is 14.0. The zero-order valence-corrected chi connectivity index (χ0v) is 10.5. The third-order valence-corrected chi connectivity index (χ3v) is 2.69. The molecule has 0 fully saturated rings. The number of hydrogen-bond acceptors (Lipinski definition) is 0. The maximum Gasteiger partial charge on any atom is -0.0233 e. The van der Waals surface area contributed by atoms with Crippen LogP contribution in [0.5, 0.6) is 0 Å². The van der Waals surface area contributed by atoms with E-state index in [9.17, 15) is 0 Å². The maximum absolute atomic E-state index is 4.07. The highest BCUT2D eigenvalue weighted by Crippen LogP contribution is 2.15. The van der Waals surface area contributed by atoms with E-state index in [1.165, 1.54) is 31.3 Å². The van der Waals surface area contributed by atoms with Crippen molar-refractivity contribution in [2.75, 3.05) is 0 Å². The van der Waals surface area contributed by atoms with Crippen molar-refractivity contribution >= 4 is 0 Å². The van der Waals surface area contributed by atoms with E-state index >= 15 is 0 Å². The molecule has 86 valence electrons. The van der Waals surface area contributed by atoms with Gasteiger partial charge in [-0.2, -0.15) is 0 Å². The fourth-order valence-electron chi connectivity index (χ4n) is 1.64. The van der Waals surface area contributed by atoms with Gasteiger partial charge in [0, 0.05) is 0 Å². The lowest BCUT2D eigenvalue weighted by molar-refractivity contribution is 0.563. The second-order valence-electron chi connectivity index (χ2n) is 4.16. The third-order valence-electron chi connectivity index (χ3n) is 2.69. The lowest BCUT2D eigenvalue weighted by atomic mass is 9.98. The Bertz CT molecular complexity index is 198. The van der Waals surface area contributed by atoms with Crippen molar-refractivity contribution in [2.45, 2.75) is 52.4 Å². The average molecular weight is 206 g/mol. The summed E-state index contributed by atoms with van der Waals surface area (Å²) in [5.41, 5.74) is 1.26. The highest BCUT2D eigenvalue weighted by Gasteiger charge is 1.99. The van der Waals surface area contributed by atoms with Gasteiger partial charge in [-0.25, -0.2) is 0 Å². The summed E-state index contributed by atoms with van der Waals surface area (Å²) in [6, 6.07) is 0. The second-order valence-corrected chi connectivity index (χ2v) is 4.16. The molecule has 0 aromatic heterocycles. The van der Waals surface area contributed by atoms with Gasteiger partial charge in [0.2, 0.25) is 0 Å². The topological polar surface area (TPSA) is 0 Å². The smallest absolute Gasteiger partial charge is 0.0233 e. The molecule has 1 unspecified atom stereocenters. The molecule has 0 heterocycles. The largest absolute Gasteiger partial charge is 0.103 e. The molecule has 0 saturated heterocycles. The Morgan fingerprint density at radius 2 is 2.07 bits per heavy atom. The van der Waals surface area contributed by atoms with E-state index in [4.69, 9.17) is 0 Å². The predicted octanol–water partition coefficient (Wildman–Crippen LogP) is 5.28. The zero-order chi connectivity index (χ0) is 11.5. The minimum Gasteiger partial charge on any atom is -0.103 e. The number of allylic oxidation sites excluding steroid dienone is 4. The Morgan fingerprint density at radius 1 is 1.33 bits per heavy atom. The van der Waals surface area contributed by atoms with Crippen molar-refractivity contribution in [3.8, 4) is 0 Å². The van der Waals surface area contributed by atoms with Gasteiger partial charge in [0.25, 0.3) is 0 Å². The van der Waals surface area contributed by atoms with E-state index in [0.717, 1.165) is 18.8 Å². The van der Waals surface area contributed by atoms with Gasteiger partial charge in [-0.05, 0) is 38.0 Å². The molecule has 0 N–H and O–H groups in total. The van der Waals surface area contributed by atoms with E-state index < -0.39 is 0 Å². The average Bonchev–Trinajstić information content (AvgIpc) is 2.24. The van der Waals surface area contributed by atoms with Gasteiger partial charge < -0.3 is 0 Å². The first kappa shape index (κ1) is 14.2. The number of rotatable bonds is 9. The Hall–Kier alpha value is -0.780. The van der Waals surface area contributed by atoms with Crippen LogP contribution in [-0.4, -0.2) is 0 Å². The lowest BCUT2D eigenvalue weighted by Gasteiger charge is -2.07. The van der Waals surface area contributed by atoms with Gasteiger partial charge in [-0.1, -0.05) is 50.6 Å². The monoisotopic (exact) mass is 206 g/mol. The van der Waals surface area contributed by atoms with E-state index in [0.29, 0.717) is 0 Å². The van der Waals surface area contributed by atoms with Crippen LogP contribution in [0.1, 0.15) is 52.4 Å². The van der Waals surface area contributed by atoms with Crippen LogP contribution in [0.15, 0.2) is 37.0 Å². The van der Waals surface area contributed by atoms with Crippen molar-refractivity contribution in [3.05, 3.63) is 37.0 Å². The first-order valence-electron chi connectivity index (χ1n) is 6.21. The molecule has 0 nitrogen and oxygen atoms in total. The Kier molecular flexibility index (Phi) is 9.26. The molecule has 0 spiro atoms. The van der Waals surface area contributed by atoms with Crippen molar-refractivity contribution in [1.29, 1.82) is 0 Å². The van der Waals surface area contributed by atoms with Gasteiger partial charge in [0.05, 0.1) is 0 Å². The molecule has 0 amide bonds. The number of hydrogen-bond donors (Lipinski definition) is 0. The summed E-state index contributed by atoms with van der Waals surface area (Å²) in [6.07, 6.45) is 13.7. The standard InChI is InChI=1S/C15H26/c1-5-8-9-11-14(4)12-13-15(7-3)10-6-2/h5,12-13,15H,1,4,6-11H2,2-3H3/b13-12-. The van der Waals surface area contributed by atoms with Crippen LogP contribution in [0.25, 0.3) is 0 Å². The molecule has 0 aromatic carbocycles. The minimum atomic E-state index is 0.742. The van der Waals surface area contributed by atoms with Gasteiger partial charge in [-0.3, -0.25) is 0 Å². The van der Waals surface area contributed by atoms with E-state index in [-0.39, 0.29) is 0 Å². The third kappa shape index (κ3) is 8.23. The summed E-state index contributed by atoms with van der Waals surface area (Å²) in [6.45, 7) is 12.3. The van der Waals surface area contributed by atoms with Crippen LogP contribution in [0.3, 0.4) is 0 Å². The molecule has 0 heteroatoms. The van der Waals surface area contributed by atoms with Gasteiger partial charge >= 0.3 is 0 Å². The minimum absolute atomic E-state index is 0.742.